The highest BCUT2D eigenvalue weighted by atomic mass is 32.3. The van der Waals surface area contributed by atoms with Gasteiger partial charge in [-0.1, -0.05) is 13.8 Å². The molecule has 0 aliphatic heterocycles. The maximum Gasteiger partial charge on any atom is 0.357 e. The fourth-order valence-corrected chi connectivity index (χ4v) is 4.56. The summed E-state index contributed by atoms with van der Waals surface area (Å²) in [5.74, 6) is -4.22. The monoisotopic (exact) mass is 350 g/mol. The number of aliphatic carboxylic acids is 1. The molecule has 9 nitrogen and oxygen atoms in total. The Morgan fingerprint density at radius 3 is 2.00 bits per heavy atom. The predicted molar refractivity (Wildman–Crippen MR) is 70.0 cm³/mol. The van der Waals surface area contributed by atoms with Gasteiger partial charge in [0.15, 0.2) is 0 Å². The third kappa shape index (κ3) is 4.07. The molecule has 0 amide bonds. The largest absolute Gasteiger partial charge is 0.481 e. The standard InChI is InChI=1S/C8H14O9S3/c1-3-18(12)8(5-6(9)10,20(14,15)16)7(11)17-19(13)4-2/h3-5H2,1-2H3,(H,9,10)(H,14,15,16). The van der Waals surface area contributed by atoms with Crippen molar-refractivity contribution in [2.75, 3.05) is 11.5 Å². The van der Waals surface area contributed by atoms with Gasteiger partial charge in [0.1, 0.15) is 0 Å². The van der Waals surface area contributed by atoms with E-state index >= 15 is 0 Å². The molecule has 0 aliphatic rings. The van der Waals surface area contributed by atoms with Gasteiger partial charge in [-0.3, -0.25) is 13.6 Å². The molecule has 118 valence electrons. The van der Waals surface area contributed by atoms with Crippen LogP contribution in [0.1, 0.15) is 20.3 Å². The van der Waals surface area contributed by atoms with Crippen LogP contribution in [0.5, 0.6) is 0 Å². The predicted octanol–water partition coefficient (Wildman–Crippen LogP) is -0.959. The Kier molecular flexibility index (Phi) is 6.93. The van der Waals surface area contributed by atoms with Crippen molar-refractivity contribution in [1.82, 2.24) is 0 Å². The molecule has 0 aliphatic carbocycles. The Hall–Kier alpha value is -0.850. The number of carbonyl (C=O) groups is 2. The molecule has 0 bridgehead atoms. The van der Waals surface area contributed by atoms with E-state index in [4.69, 9.17) is 9.66 Å². The number of rotatable bonds is 8. The summed E-state index contributed by atoms with van der Waals surface area (Å²) < 4.78 is 56.0. The molecule has 0 aromatic carbocycles. The van der Waals surface area contributed by atoms with E-state index in [1.165, 1.54) is 13.8 Å². The fourth-order valence-electron chi connectivity index (χ4n) is 1.20. The minimum atomic E-state index is -5.38. The van der Waals surface area contributed by atoms with Crippen LogP contribution in [-0.2, 0) is 45.8 Å². The molecule has 0 radical (unpaired) electrons. The summed E-state index contributed by atoms with van der Waals surface area (Å²) in [5.41, 5.74) is 0. The van der Waals surface area contributed by atoms with Gasteiger partial charge in [0.05, 0.1) is 23.0 Å². The van der Waals surface area contributed by atoms with E-state index in [0.29, 0.717) is 0 Å². The van der Waals surface area contributed by atoms with Gasteiger partial charge in [0.25, 0.3) is 14.2 Å². The molecule has 0 rings (SSSR count). The number of hydrogen-bond acceptors (Lipinski definition) is 7. The van der Waals surface area contributed by atoms with Gasteiger partial charge in [0.2, 0.25) is 11.1 Å². The van der Waals surface area contributed by atoms with Crippen molar-refractivity contribution in [3.05, 3.63) is 0 Å². The molecular weight excluding hydrogens is 336 g/mol. The van der Waals surface area contributed by atoms with Crippen molar-refractivity contribution in [3.63, 3.8) is 0 Å². The van der Waals surface area contributed by atoms with Crippen LogP contribution in [0, 0.1) is 0 Å². The first-order chi connectivity index (χ1) is 9.02. The number of hydrogen-bond donors (Lipinski definition) is 2. The molecule has 0 saturated carbocycles. The van der Waals surface area contributed by atoms with Crippen molar-refractivity contribution in [2.24, 2.45) is 0 Å². The molecular formula is C8H14O9S3. The van der Waals surface area contributed by atoms with Gasteiger partial charge in [-0.2, -0.15) is 8.42 Å². The molecule has 2 N–H and O–H groups in total. The number of carboxylic acids is 1. The summed E-state index contributed by atoms with van der Waals surface area (Å²) in [6.45, 7) is 2.58. The summed E-state index contributed by atoms with van der Waals surface area (Å²) in [4.78, 5) is 22.6. The first-order valence-corrected chi connectivity index (χ1v) is 9.21. The summed E-state index contributed by atoms with van der Waals surface area (Å²) in [6.07, 6.45) is -1.47. The first-order valence-electron chi connectivity index (χ1n) is 5.21. The van der Waals surface area contributed by atoms with Crippen LogP contribution in [0.4, 0.5) is 0 Å². The molecule has 3 atom stereocenters. The average Bonchev–Trinajstić information content (AvgIpc) is 2.32. The van der Waals surface area contributed by atoms with E-state index in [1.54, 1.807) is 0 Å². The Morgan fingerprint density at radius 1 is 1.20 bits per heavy atom. The fraction of sp³-hybridized carbons (Fsp3) is 0.750. The molecule has 0 spiro atoms. The Bertz CT molecular complexity index is 537. The van der Waals surface area contributed by atoms with Crippen LogP contribution in [0.2, 0.25) is 0 Å². The summed E-state index contributed by atoms with van der Waals surface area (Å²) in [5, 5.41) is 8.70. The SMILES string of the molecule is CCS(=O)OC(=O)C(CC(=O)O)(S(=O)CC)S(=O)(=O)O. The average molecular weight is 350 g/mol. The molecule has 0 aromatic rings. The summed E-state index contributed by atoms with van der Waals surface area (Å²) >= 11 is -2.22. The third-order valence-corrected chi connectivity index (χ3v) is 6.86. The van der Waals surface area contributed by atoms with Crippen molar-refractivity contribution < 1.29 is 40.3 Å². The molecule has 3 unspecified atom stereocenters. The molecule has 0 fully saturated rings. The number of carbonyl (C=O) groups excluding carboxylic acids is 1. The second kappa shape index (κ2) is 7.24. The van der Waals surface area contributed by atoms with E-state index in [1.807, 2.05) is 0 Å². The van der Waals surface area contributed by atoms with Crippen LogP contribution in [0.25, 0.3) is 0 Å². The lowest BCUT2D eigenvalue weighted by Crippen LogP contribution is -2.53. The second-order valence-electron chi connectivity index (χ2n) is 3.40. The van der Waals surface area contributed by atoms with Gasteiger partial charge in [0, 0.05) is 5.75 Å². The second-order valence-corrected chi connectivity index (χ2v) is 8.62. The van der Waals surface area contributed by atoms with Crippen molar-refractivity contribution in [2.45, 2.75) is 24.3 Å². The Balaban J connectivity index is 6.00. The van der Waals surface area contributed by atoms with Gasteiger partial charge >= 0.3 is 11.9 Å². The van der Waals surface area contributed by atoms with E-state index in [9.17, 15) is 26.4 Å². The lowest BCUT2D eigenvalue weighted by Gasteiger charge is -2.24. The van der Waals surface area contributed by atoms with Crippen LogP contribution in [0.3, 0.4) is 0 Å². The van der Waals surface area contributed by atoms with Crippen LogP contribution in [-0.4, -0.2) is 54.0 Å². The van der Waals surface area contributed by atoms with Crippen LogP contribution < -0.4 is 0 Å². The molecule has 0 heterocycles. The zero-order chi connectivity index (χ0) is 16.1. The minimum Gasteiger partial charge on any atom is -0.481 e. The van der Waals surface area contributed by atoms with E-state index < -0.39 is 60.2 Å². The smallest absolute Gasteiger partial charge is 0.357 e. The van der Waals surface area contributed by atoms with Gasteiger partial charge in [-0.15, -0.1) is 0 Å². The number of carboxylic acid groups (broad SMARTS) is 1. The van der Waals surface area contributed by atoms with E-state index in [2.05, 4.69) is 4.18 Å². The van der Waals surface area contributed by atoms with Gasteiger partial charge in [-0.05, 0) is 0 Å². The summed E-state index contributed by atoms with van der Waals surface area (Å²) in [7, 11) is -7.97. The lowest BCUT2D eigenvalue weighted by atomic mass is 10.3. The van der Waals surface area contributed by atoms with Gasteiger partial charge in [-0.25, -0.2) is 9.00 Å². The van der Waals surface area contributed by atoms with Crippen molar-refractivity contribution in [1.29, 1.82) is 0 Å². The molecule has 0 saturated heterocycles. The van der Waals surface area contributed by atoms with E-state index in [0.717, 1.165) is 0 Å². The van der Waals surface area contributed by atoms with Crippen LogP contribution >= 0.6 is 0 Å². The molecule has 0 aromatic heterocycles. The Labute approximate surface area is 120 Å². The highest BCUT2D eigenvalue weighted by Crippen LogP contribution is 2.28. The maximum absolute atomic E-state index is 11.8. The third-order valence-electron chi connectivity index (χ3n) is 2.15. The highest BCUT2D eigenvalue weighted by molar-refractivity contribution is 8.06. The zero-order valence-electron chi connectivity index (χ0n) is 10.6. The summed E-state index contributed by atoms with van der Waals surface area (Å²) in [6, 6.07) is 0. The highest BCUT2D eigenvalue weighted by Gasteiger charge is 2.59. The zero-order valence-corrected chi connectivity index (χ0v) is 13.0. The van der Waals surface area contributed by atoms with Crippen molar-refractivity contribution in [3.8, 4) is 0 Å². The molecule has 12 heteroatoms. The van der Waals surface area contributed by atoms with Crippen LogP contribution in [0.15, 0.2) is 0 Å². The van der Waals surface area contributed by atoms with E-state index in [-0.39, 0.29) is 5.75 Å². The lowest BCUT2D eigenvalue weighted by molar-refractivity contribution is -0.142. The van der Waals surface area contributed by atoms with Gasteiger partial charge < -0.3 is 9.29 Å². The Morgan fingerprint density at radius 2 is 1.70 bits per heavy atom. The quantitative estimate of drug-likeness (QED) is 0.527. The minimum absolute atomic E-state index is 0.181. The van der Waals surface area contributed by atoms with Crippen molar-refractivity contribution >= 4 is 43.9 Å². The molecule has 20 heavy (non-hydrogen) atoms. The first kappa shape index (κ1) is 19.1. The normalized spacial score (nSPS) is 17.8. The topological polar surface area (TPSA) is 152 Å². The maximum atomic E-state index is 11.8.